The lowest BCUT2D eigenvalue weighted by Crippen LogP contribution is -2.33. The molecule has 0 bridgehead atoms. The second kappa shape index (κ2) is 8.10. The molecule has 144 valence electrons. The van der Waals surface area contributed by atoms with Crippen LogP contribution >= 0.6 is 0 Å². The number of fused-ring (bicyclic) bond motifs is 1. The Labute approximate surface area is 168 Å². The van der Waals surface area contributed by atoms with E-state index in [9.17, 15) is 14.4 Å². The third kappa shape index (κ3) is 3.94. The topological polar surface area (TPSA) is 63.7 Å². The zero-order chi connectivity index (χ0) is 20.2. The van der Waals surface area contributed by atoms with Gasteiger partial charge in [0.25, 0.3) is 11.8 Å². The third-order valence-corrected chi connectivity index (χ3v) is 4.96. The smallest absolute Gasteiger partial charge is 0.330 e. The van der Waals surface area contributed by atoms with Gasteiger partial charge in [-0.3, -0.25) is 9.59 Å². The summed E-state index contributed by atoms with van der Waals surface area (Å²) in [6, 6.07) is 26.0. The molecule has 3 aromatic rings. The van der Waals surface area contributed by atoms with E-state index >= 15 is 0 Å². The Morgan fingerprint density at radius 1 is 0.759 bits per heavy atom. The van der Waals surface area contributed by atoms with E-state index in [4.69, 9.17) is 4.84 Å². The predicted molar refractivity (Wildman–Crippen MR) is 107 cm³/mol. The summed E-state index contributed by atoms with van der Waals surface area (Å²) in [6.07, 6.45) is 0.689. The van der Waals surface area contributed by atoms with E-state index in [-0.39, 0.29) is 23.5 Å². The van der Waals surface area contributed by atoms with Crippen molar-refractivity contribution in [2.75, 3.05) is 0 Å². The molecule has 0 aromatic heterocycles. The zero-order valence-electron chi connectivity index (χ0n) is 15.7. The molecule has 1 aliphatic heterocycles. The Morgan fingerprint density at radius 3 is 1.86 bits per heavy atom. The largest absolute Gasteiger partial charge is 0.333 e. The van der Waals surface area contributed by atoms with E-state index in [1.807, 2.05) is 60.7 Å². The highest BCUT2D eigenvalue weighted by Crippen LogP contribution is 2.27. The fourth-order valence-electron chi connectivity index (χ4n) is 3.52. The summed E-state index contributed by atoms with van der Waals surface area (Å²) in [5.41, 5.74) is 2.58. The zero-order valence-corrected chi connectivity index (χ0v) is 15.7. The molecule has 1 unspecified atom stereocenters. The molecule has 1 heterocycles. The Hall–Kier alpha value is -3.73. The third-order valence-electron chi connectivity index (χ3n) is 4.96. The van der Waals surface area contributed by atoms with E-state index in [1.54, 1.807) is 24.3 Å². The van der Waals surface area contributed by atoms with Crippen molar-refractivity contribution in [3.05, 3.63) is 107 Å². The molecule has 0 saturated carbocycles. The Balaban J connectivity index is 1.50. The van der Waals surface area contributed by atoms with Crippen molar-refractivity contribution < 1.29 is 19.2 Å². The minimum atomic E-state index is -0.621. The van der Waals surface area contributed by atoms with Gasteiger partial charge in [0, 0.05) is 0 Å². The van der Waals surface area contributed by atoms with Crippen molar-refractivity contribution in [1.29, 1.82) is 0 Å². The van der Waals surface area contributed by atoms with Crippen LogP contribution in [0, 0.1) is 0 Å². The highest BCUT2D eigenvalue weighted by atomic mass is 16.7. The van der Waals surface area contributed by atoms with Crippen LogP contribution in [0.3, 0.4) is 0 Å². The highest BCUT2D eigenvalue weighted by molar-refractivity contribution is 6.20. The van der Waals surface area contributed by atoms with E-state index in [0.717, 1.165) is 11.1 Å². The van der Waals surface area contributed by atoms with Gasteiger partial charge in [0.05, 0.1) is 17.5 Å². The van der Waals surface area contributed by atoms with Crippen LogP contribution in [0.4, 0.5) is 0 Å². The number of carbonyl (C=O) groups excluding carboxylic acids is 3. The Morgan fingerprint density at radius 2 is 1.28 bits per heavy atom. The van der Waals surface area contributed by atoms with Crippen LogP contribution in [-0.2, 0) is 16.1 Å². The quantitative estimate of drug-likeness (QED) is 0.598. The van der Waals surface area contributed by atoms with Crippen LogP contribution in [0.25, 0.3) is 0 Å². The van der Waals surface area contributed by atoms with Crippen LogP contribution < -0.4 is 0 Å². The monoisotopic (exact) mass is 385 g/mol. The van der Waals surface area contributed by atoms with E-state index in [0.29, 0.717) is 11.5 Å². The lowest BCUT2D eigenvalue weighted by Gasteiger charge is -2.19. The number of benzene rings is 3. The molecule has 1 atom stereocenters. The first-order valence-corrected chi connectivity index (χ1v) is 9.41. The van der Waals surface area contributed by atoms with Crippen molar-refractivity contribution in [2.45, 2.75) is 18.8 Å². The summed E-state index contributed by atoms with van der Waals surface area (Å²) < 4.78 is 0. The maximum absolute atomic E-state index is 12.6. The molecule has 0 radical (unpaired) electrons. The fourth-order valence-corrected chi connectivity index (χ4v) is 3.52. The average Bonchev–Trinajstić information content (AvgIpc) is 3.00. The SMILES string of the molecule is O=C(CC(Cc1ccccc1)c1ccccc1)ON1C(=O)c2ccccc2C1=O. The van der Waals surface area contributed by atoms with Gasteiger partial charge in [-0.1, -0.05) is 77.9 Å². The molecule has 0 saturated heterocycles. The van der Waals surface area contributed by atoms with E-state index in [1.165, 1.54) is 0 Å². The normalized spacial score (nSPS) is 13.9. The number of carbonyl (C=O) groups is 3. The number of hydroxylamine groups is 2. The molecular formula is C24H19NO4. The number of nitrogens with zero attached hydrogens (tertiary/aromatic N) is 1. The van der Waals surface area contributed by atoms with Gasteiger partial charge in [-0.2, -0.15) is 0 Å². The summed E-state index contributed by atoms with van der Waals surface area (Å²) in [5.74, 6) is -1.98. The van der Waals surface area contributed by atoms with Crippen molar-refractivity contribution >= 4 is 17.8 Å². The predicted octanol–water partition coefficient (Wildman–Crippen LogP) is 4.16. The van der Waals surface area contributed by atoms with Crippen molar-refractivity contribution in [3.63, 3.8) is 0 Å². The number of amides is 2. The minimum Gasteiger partial charge on any atom is -0.330 e. The number of hydrogen-bond donors (Lipinski definition) is 0. The molecule has 5 nitrogen and oxygen atoms in total. The standard InChI is InChI=1S/C24H19NO4/c26-22(29-25-23(27)20-13-7-8-14-21(20)24(25)28)16-19(18-11-5-2-6-12-18)15-17-9-3-1-4-10-17/h1-14,19H,15-16H2. The molecule has 3 aromatic carbocycles. The summed E-state index contributed by atoms with van der Waals surface area (Å²) in [7, 11) is 0. The van der Waals surface area contributed by atoms with Gasteiger partial charge in [-0.25, -0.2) is 4.79 Å². The van der Waals surface area contributed by atoms with E-state index < -0.39 is 17.8 Å². The Kier molecular flexibility index (Phi) is 5.20. The lowest BCUT2D eigenvalue weighted by molar-refractivity contribution is -0.169. The maximum atomic E-state index is 12.6. The molecule has 2 amide bonds. The first-order chi connectivity index (χ1) is 14.1. The molecule has 1 aliphatic rings. The second-order valence-electron chi connectivity index (χ2n) is 6.92. The van der Waals surface area contributed by atoms with Crippen LogP contribution in [0.2, 0.25) is 0 Å². The minimum absolute atomic E-state index is 0.0479. The van der Waals surface area contributed by atoms with Crippen molar-refractivity contribution in [3.8, 4) is 0 Å². The first kappa shape index (κ1) is 18.6. The molecule has 0 fully saturated rings. The second-order valence-corrected chi connectivity index (χ2v) is 6.92. The molecule has 0 N–H and O–H groups in total. The van der Waals surface area contributed by atoms with Gasteiger partial charge >= 0.3 is 5.97 Å². The highest BCUT2D eigenvalue weighted by Gasteiger charge is 2.38. The summed E-state index contributed by atoms with van der Waals surface area (Å²) in [5, 5.41) is 0.567. The molecule has 4 rings (SSSR count). The summed E-state index contributed by atoms with van der Waals surface area (Å²) >= 11 is 0. The van der Waals surface area contributed by atoms with Gasteiger partial charge in [-0.05, 0) is 35.6 Å². The van der Waals surface area contributed by atoms with Gasteiger partial charge < -0.3 is 4.84 Å². The molecule has 29 heavy (non-hydrogen) atoms. The first-order valence-electron chi connectivity index (χ1n) is 9.41. The van der Waals surface area contributed by atoms with Gasteiger partial charge in [0.1, 0.15) is 0 Å². The van der Waals surface area contributed by atoms with Crippen LogP contribution in [-0.4, -0.2) is 22.8 Å². The fraction of sp³-hybridized carbons (Fsp3) is 0.125. The molecule has 0 spiro atoms. The summed E-state index contributed by atoms with van der Waals surface area (Å²) in [6.45, 7) is 0. The molecular weight excluding hydrogens is 366 g/mol. The van der Waals surface area contributed by atoms with Crippen molar-refractivity contribution in [2.24, 2.45) is 0 Å². The van der Waals surface area contributed by atoms with E-state index in [2.05, 4.69) is 0 Å². The number of rotatable bonds is 6. The van der Waals surface area contributed by atoms with Gasteiger partial charge in [-0.15, -0.1) is 0 Å². The molecule has 5 heteroatoms. The Bertz CT molecular complexity index is 1010. The lowest BCUT2D eigenvalue weighted by atomic mass is 9.89. The maximum Gasteiger partial charge on any atom is 0.333 e. The van der Waals surface area contributed by atoms with Gasteiger partial charge in [0.15, 0.2) is 0 Å². The number of hydrogen-bond acceptors (Lipinski definition) is 4. The van der Waals surface area contributed by atoms with Crippen molar-refractivity contribution in [1.82, 2.24) is 5.06 Å². The molecule has 0 aliphatic carbocycles. The number of imide groups is 1. The average molecular weight is 385 g/mol. The summed E-state index contributed by atoms with van der Waals surface area (Å²) in [4.78, 5) is 42.7. The van der Waals surface area contributed by atoms with Crippen LogP contribution in [0.5, 0.6) is 0 Å². The van der Waals surface area contributed by atoms with Gasteiger partial charge in [0.2, 0.25) is 0 Å². The van der Waals surface area contributed by atoms with Crippen LogP contribution in [0.1, 0.15) is 44.2 Å². The van der Waals surface area contributed by atoms with Crippen LogP contribution in [0.15, 0.2) is 84.9 Å².